The average molecular weight is 281 g/mol. The summed E-state index contributed by atoms with van der Waals surface area (Å²) < 4.78 is 0. The monoisotopic (exact) mass is 280 g/mol. The number of piperazine rings is 1. The smallest absolute Gasteiger partial charge is 0.0224 e. The summed E-state index contributed by atoms with van der Waals surface area (Å²) in [5.41, 5.74) is 0. The van der Waals surface area contributed by atoms with Crippen molar-refractivity contribution >= 4 is 0 Å². The maximum Gasteiger partial charge on any atom is 0.0224 e. The van der Waals surface area contributed by atoms with Gasteiger partial charge < -0.3 is 5.32 Å². The summed E-state index contributed by atoms with van der Waals surface area (Å²) in [6.45, 7) is 8.54. The van der Waals surface area contributed by atoms with E-state index >= 15 is 0 Å². The molecule has 1 aliphatic heterocycles. The van der Waals surface area contributed by atoms with E-state index in [2.05, 4.69) is 24.1 Å². The summed E-state index contributed by atoms with van der Waals surface area (Å²) in [5.74, 6) is 1.00. The molecule has 0 bridgehead atoms. The molecular weight excluding hydrogens is 244 g/mol. The van der Waals surface area contributed by atoms with E-state index in [4.69, 9.17) is 0 Å². The summed E-state index contributed by atoms with van der Waals surface area (Å²) in [4.78, 5) is 2.82. The summed E-state index contributed by atoms with van der Waals surface area (Å²) in [6, 6.07) is 1.62. The Morgan fingerprint density at radius 1 is 0.950 bits per heavy atom. The normalized spacial score (nSPS) is 27.9. The van der Waals surface area contributed by atoms with Crippen molar-refractivity contribution in [3.8, 4) is 0 Å². The third kappa shape index (κ3) is 5.37. The Morgan fingerprint density at radius 3 is 2.40 bits per heavy atom. The highest BCUT2D eigenvalue weighted by molar-refractivity contribution is 4.94. The highest BCUT2D eigenvalue weighted by Crippen LogP contribution is 2.34. The van der Waals surface area contributed by atoms with Gasteiger partial charge in [-0.15, -0.1) is 0 Å². The fourth-order valence-corrected chi connectivity index (χ4v) is 3.68. The van der Waals surface area contributed by atoms with Gasteiger partial charge in [0.05, 0.1) is 0 Å². The van der Waals surface area contributed by atoms with Crippen LogP contribution in [0.4, 0.5) is 0 Å². The molecule has 1 saturated heterocycles. The molecule has 1 N–H and O–H groups in total. The van der Waals surface area contributed by atoms with E-state index < -0.39 is 0 Å². The van der Waals surface area contributed by atoms with Crippen molar-refractivity contribution in [1.82, 2.24) is 10.2 Å². The van der Waals surface area contributed by atoms with E-state index in [0.717, 1.165) is 18.0 Å². The van der Waals surface area contributed by atoms with Gasteiger partial charge in [0.1, 0.15) is 0 Å². The number of rotatable bonds is 10. The van der Waals surface area contributed by atoms with Gasteiger partial charge in [-0.25, -0.2) is 0 Å². The molecule has 0 aromatic carbocycles. The van der Waals surface area contributed by atoms with Crippen LogP contribution in [-0.2, 0) is 0 Å². The lowest BCUT2D eigenvalue weighted by molar-refractivity contribution is 0.113. The highest BCUT2D eigenvalue weighted by Gasteiger charge is 2.36. The van der Waals surface area contributed by atoms with Gasteiger partial charge in [-0.3, -0.25) is 4.90 Å². The predicted octanol–water partition coefficient (Wildman–Crippen LogP) is 4.20. The van der Waals surface area contributed by atoms with Gasteiger partial charge in [-0.1, -0.05) is 52.4 Å². The first-order valence-corrected chi connectivity index (χ1v) is 9.32. The van der Waals surface area contributed by atoms with Crippen molar-refractivity contribution in [1.29, 1.82) is 0 Å². The molecule has 2 atom stereocenters. The van der Waals surface area contributed by atoms with E-state index in [1.54, 1.807) is 0 Å². The second-order valence-corrected chi connectivity index (χ2v) is 7.06. The molecule has 2 aliphatic rings. The Labute approximate surface area is 126 Å². The zero-order chi connectivity index (χ0) is 14.2. The van der Waals surface area contributed by atoms with Crippen molar-refractivity contribution in [2.75, 3.05) is 19.6 Å². The van der Waals surface area contributed by atoms with Crippen LogP contribution in [-0.4, -0.2) is 36.6 Å². The SMILES string of the molecule is CCCCCCCCN1CC(C2CC2)NCC1CCC. The molecule has 1 aliphatic carbocycles. The van der Waals surface area contributed by atoms with Gasteiger partial charge in [-0.2, -0.15) is 0 Å². The summed E-state index contributed by atoms with van der Waals surface area (Å²) in [7, 11) is 0. The molecule has 2 nitrogen and oxygen atoms in total. The first-order valence-electron chi connectivity index (χ1n) is 9.32. The Bertz CT molecular complexity index is 250. The standard InChI is InChI=1S/C18H36N2/c1-3-5-6-7-8-9-13-20-15-18(16-11-12-16)19-14-17(20)10-4-2/h16-19H,3-15H2,1-2H3. The average Bonchev–Trinajstić information content (AvgIpc) is 3.29. The number of hydrogen-bond acceptors (Lipinski definition) is 2. The Kier molecular flexibility index (Phi) is 7.37. The highest BCUT2D eigenvalue weighted by atomic mass is 15.2. The second-order valence-electron chi connectivity index (χ2n) is 7.06. The summed E-state index contributed by atoms with van der Waals surface area (Å²) in [6.07, 6.45) is 14.2. The maximum atomic E-state index is 3.82. The van der Waals surface area contributed by atoms with Crippen LogP contribution in [0.2, 0.25) is 0 Å². The number of hydrogen-bond donors (Lipinski definition) is 1. The molecule has 2 fully saturated rings. The molecule has 2 rings (SSSR count). The van der Waals surface area contributed by atoms with Crippen molar-refractivity contribution in [3.05, 3.63) is 0 Å². The molecule has 2 heteroatoms. The second kappa shape index (κ2) is 9.04. The molecule has 118 valence electrons. The molecule has 0 spiro atoms. The molecule has 20 heavy (non-hydrogen) atoms. The predicted molar refractivity (Wildman–Crippen MR) is 88.2 cm³/mol. The van der Waals surface area contributed by atoms with Crippen molar-refractivity contribution in [3.63, 3.8) is 0 Å². The summed E-state index contributed by atoms with van der Waals surface area (Å²) in [5, 5.41) is 3.82. The van der Waals surface area contributed by atoms with Crippen LogP contribution in [0.5, 0.6) is 0 Å². The van der Waals surface area contributed by atoms with E-state index in [9.17, 15) is 0 Å². The number of nitrogens with one attached hydrogen (secondary N) is 1. The van der Waals surface area contributed by atoms with Crippen LogP contribution in [0.3, 0.4) is 0 Å². The minimum Gasteiger partial charge on any atom is -0.311 e. The zero-order valence-corrected chi connectivity index (χ0v) is 13.9. The van der Waals surface area contributed by atoms with Crippen LogP contribution in [0.15, 0.2) is 0 Å². The fourth-order valence-electron chi connectivity index (χ4n) is 3.68. The van der Waals surface area contributed by atoms with E-state index in [-0.39, 0.29) is 0 Å². The van der Waals surface area contributed by atoms with Gasteiger partial charge in [0.15, 0.2) is 0 Å². The lowest BCUT2D eigenvalue weighted by Gasteiger charge is -2.41. The minimum absolute atomic E-state index is 0.809. The lowest BCUT2D eigenvalue weighted by Crippen LogP contribution is -2.57. The van der Waals surface area contributed by atoms with E-state index in [1.807, 2.05) is 0 Å². The molecule has 0 radical (unpaired) electrons. The first kappa shape index (κ1) is 16.3. The molecular formula is C18H36N2. The third-order valence-corrected chi connectivity index (χ3v) is 5.18. The van der Waals surface area contributed by atoms with Crippen LogP contribution in [0, 0.1) is 5.92 Å². The van der Waals surface area contributed by atoms with Crippen LogP contribution < -0.4 is 5.32 Å². The Morgan fingerprint density at radius 2 is 1.70 bits per heavy atom. The van der Waals surface area contributed by atoms with Crippen LogP contribution >= 0.6 is 0 Å². The Hall–Kier alpha value is -0.0800. The van der Waals surface area contributed by atoms with Crippen LogP contribution in [0.25, 0.3) is 0 Å². The molecule has 0 aromatic heterocycles. The molecule has 0 aromatic rings. The number of unbranched alkanes of at least 4 members (excludes halogenated alkanes) is 5. The van der Waals surface area contributed by atoms with Crippen molar-refractivity contribution in [2.24, 2.45) is 5.92 Å². The van der Waals surface area contributed by atoms with Crippen LogP contribution in [0.1, 0.15) is 78.1 Å². The maximum absolute atomic E-state index is 3.82. The number of nitrogens with zero attached hydrogens (tertiary/aromatic N) is 1. The third-order valence-electron chi connectivity index (χ3n) is 5.18. The van der Waals surface area contributed by atoms with Gasteiger partial charge >= 0.3 is 0 Å². The molecule has 2 unspecified atom stereocenters. The molecule has 0 amide bonds. The topological polar surface area (TPSA) is 15.3 Å². The van der Waals surface area contributed by atoms with Crippen molar-refractivity contribution < 1.29 is 0 Å². The lowest BCUT2D eigenvalue weighted by atomic mass is 10.0. The zero-order valence-electron chi connectivity index (χ0n) is 13.9. The van der Waals surface area contributed by atoms with Gasteiger partial charge in [0.2, 0.25) is 0 Å². The van der Waals surface area contributed by atoms with Gasteiger partial charge in [0.25, 0.3) is 0 Å². The minimum atomic E-state index is 0.809. The van der Waals surface area contributed by atoms with E-state index in [1.165, 1.54) is 83.8 Å². The van der Waals surface area contributed by atoms with E-state index in [0.29, 0.717) is 0 Å². The quantitative estimate of drug-likeness (QED) is 0.603. The van der Waals surface area contributed by atoms with Crippen molar-refractivity contribution in [2.45, 2.75) is 90.1 Å². The Balaban J connectivity index is 1.66. The first-order chi connectivity index (χ1) is 9.85. The molecule has 1 heterocycles. The fraction of sp³-hybridized carbons (Fsp3) is 1.00. The summed E-state index contributed by atoms with van der Waals surface area (Å²) >= 11 is 0. The largest absolute Gasteiger partial charge is 0.311 e. The molecule has 1 saturated carbocycles. The van der Waals surface area contributed by atoms with Gasteiger partial charge in [0, 0.05) is 25.2 Å². The van der Waals surface area contributed by atoms with Gasteiger partial charge in [-0.05, 0) is 38.1 Å².